The molecule has 0 unspecified atom stereocenters. The Morgan fingerprint density at radius 2 is 2.11 bits per heavy atom. The number of carbonyl (C=O) groups is 1. The fraction of sp³-hybridized carbons (Fsp3) is 0.286. The van der Waals surface area contributed by atoms with Gasteiger partial charge in [0, 0.05) is 23.4 Å². The van der Waals surface area contributed by atoms with Gasteiger partial charge in [-0.25, -0.2) is 4.98 Å². The van der Waals surface area contributed by atoms with Gasteiger partial charge in [0.05, 0.1) is 17.2 Å². The fourth-order valence-corrected chi connectivity index (χ4v) is 2.76. The van der Waals surface area contributed by atoms with E-state index < -0.39 is 0 Å². The molecule has 5 heteroatoms. The number of carbonyl (C=O) groups excluding carboxylic acids is 1. The van der Waals surface area contributed by atoms with Gasteiger partial charge in [0.1, 0.15) is 0 Å². The van der Waals surface area contributed by atoms with Crippen molar-refractivity contribution < 1.29 is 4.79 Å². The summed E-state index contributed by atoms with van der Waals surface area (Å²) in [5.41, 5.74) is 7.40. The minimum absolute atomic E-state index is 0.0339. The molecule has 1 aromatic heterocycles. The molecule has 1 aromatic carbocycles. The third-order valence-electron chi connectivity index (χ3n) is 2.73. The van der Waals surface area contributed by atoms with Gasteiger partial charge in [-0.15, -0.1) is 11.3 Å². The lowest BCUT2D eigenvalue weighted by atomic mass is 10.1. The van der Waals surface area contributed by atoms with Crippen LogP contribution >= 0.6 is 11.3 Å². The van der Waals surface area contributed by atoms with Crippen molar-refractivity contribution in [2.75, 3.05) is 13.1 Å². The van der Waals surface area contributed by atoms with E-state index in [0.29, 0.717) is 6.54 Å². The van der Waals surface area contributed by atoms with Gasteiger partial charge in [0.2, 0.25) is 5.91 Å². The molecule has 19 heavy (non-hydrogen) atoms. The largest absolute Gasteiger partial charge is 0.355 e. The summed E-state index contributed by atoms with van der Waals surface area (Å²) < 4.78 is 0. The number of aromatic nitrogens is 1. The molecule has 1 heterocycles. The topological polar surface area (TPSA) is 68.0 Å². The van der Waals surface area contributed by atoms with Crippen molar-refractivity contribution in [2.45, 2.75) is 13.3 Å². The predicted molar refractivity (Wildman–Crippen MR) is 78.1 cm³/mol. The Kier molecular flexibility index (Phi) is 4.65. The monoisotopic (exact) mass is 275 g/mol. The van der Waals surface area contributed by atoms with E-state index in [1.54, 1.807) is 11.3 Å². The third-order valence-corrected chi connectivity index (χ3v) is 3.77. The van der Waals surface area contributed by atoms with Crippen LogP contribution in [0.25, 0.3) is 11.3 Å². The summed E-state index contributed by atoms with van der Waals surface area (Å²) in [4.78, 5) is 16.9. The van der Waals surface area contributed by atoms with Gasteiger partial charge in [0.15, 0.2) is 0 Å². The average molecular weight is 275 g/mol. The van der Waals surface area contributed by atoms with Crippen LogP contribution in [0.15, 0.2) is 30.3 Å². The first kappa shape index (κ1) is 13.7. The van der Waals surface area contributed by atoms with Gasteiger partial charge in [-0.1, -0.05) is 30.3 Å². The number of benzene rings is 1. The number of aryl methyl sites for hydroxylation is 1. The molecule has 100 valence electrons. The van der Waals surface area contributed by atoms with Crippen molar-refractivity contribution in [3.63, 3.8) is 0 Å². The lowest BCUT2D eigenvalue weighted by Crippen LogP contribution is -2.31. The number of amides is 1. The Balaban J connectivity index is 2.03. The Labute approximate surface area is 116 Å². The summed E-state index contributed by atoms with van der Waals surface area (Å²) in [7, 11) is 0. The fourth-order valence-electron chi connectivity index (χ4n) is 1.80. The van der Waals surface area contributed by atoms with E-state index in [9.17, 15) is 4.79 Å². The van der Waals surface area contributed by atoms with Gasteiger partial charge in [-0.3, -0.25) is 4.79 Å². The van der Waals surface area contributed by atoms with Gasteiger partial charge in [0.25, 0.3) is 0 Å². The zero-order valence-electron chi connectivity index (χ0n) is 10.8. The van der Waals surface area contributed by atoms with Crippen LogP contribution in [0.4, 0.5) is 0 Å². The van der Waals surface area contributed by atoms with E-state index in [-0.39, 0.29) is 12.5 Å². The second-order valence-electron chi connectivity index (χ2n) is 4.18. The molecule has 4 nitrogen and oxygen atoms in total. The highest BCUT2D eigenvalue weighted by atomic mass is 32.1. The van der Waals surface area contributed by atoms with E-state index in [1.165, 1.54) is 4.88 Å². The molecule has 0 spiro atoms. The van der Waals surface area contributed by atoms with Crippen LogP contribution in [0.2, 0.25) is 0 Å². The molecule has 0 bridgehead atoms. The first-order valence-corrected chi connectivity index (χ1v) is 7.01. The van der Waals surface area contributed by atoms with Crippen molar-refractivity contribution in [3.8, 4) is 11.3 Å². The molecule has 0 aliphatic rings. The molecule has 2 aromatic rings. The summed E-state index contributed by atoms with van der Waals surface area (Å²) >= 11 is 1.67. The summed E-state index contributed by atoms with van der Waals surface area (Å²) in [6, 6.07) is 10.1. The normalized spacial score (nSPS) is 10.4. The van der Waals surface area contributed by atoms with Crippen LogP contribution in [0.1, 0.15) is 9.88 Å². The molecule has 0 saturated heterocycles. The van der Waals surface area contributed by atoms with E-state index in [2.05, 4.69) is 29.4 Å². The lowest BCUT2D eigenvalue weighted by molar-refractivity contribution is -0.119. The predicted octanol–water partition coefficient (Wildman–Crippen LogP) is 1.74. The van der Waals surface area contributed by atoms with Crippen molar-refractivity contribution >= 4 is 17.2 Å². The summed E-state index contributed by atoms with van der Waals surface area (Å²) in [5.74, 6) is -0.128. The Hall–Kier alpha value is -1.72. The number of nitrogens with two attached hydrogens (primary N) is 1. The number of nitrogens with zero attached hydrogens (tertiary/aromatic N) is 1. The Morgan fingerprint density at radius 1 is 1.37 bits per heavy atom. The van der Waals surface area contributed by atoms with Crippen LogP contribution in [0, 0.1) is 6.92 Å². The molecule has 2 rings (SSSR count). The van der Waals surface area contributed by atoms with E-state index in [1.807, 2.05) is 18.2 Å². The minimum atomic E-state index is -0.128. The highest BCUT2D eigenvalue weighted by Crippen LogP contribution is 2.27. The number of nitrogens with one attached hydrogen (secondary N) is 1. The standard InChI is InChI=1S/C14H17N3OS/c1-10-14(11-5-3-2-4-6-11)17-13(19-10)7-8-16-12(18)9-15/h2-6H,7-9,15H2,1H3,(H,16,18). The molecular formula is C14H17N3OS. The second-order valence-corrected chi connectivity index (χ2v) is 5.47. The van der Waals surface area contributed by atoms with E-state index >= 15 is 0 Å². The second kappa shape index (κ2) is 6.45. The number of rotatable bonds is 5. The zero-order chi connectivity index (χ0) is 13.7. The maximum Gasteiger partial charge on any atom is 0.233 e. The smallest absolute Gasteiger partial charge is 0.233 e. The zero-order valence-corrected chi connectivity index (χ0v) is 11.7. The summed E-state index contributed by atoms with van der Waals surface area (Å²) in [6.07, 6.45) is 0.740. The van der Waals surface area contributed by atoms with Crippen molar-refractivity contribution in [2.24, 2.45) is 5.73 Å². The van der Waals surface area contributed by atoms with Crippen LogP contribution < -0.4 is 11.1 Å². The maximum absolute atomic E-state index is 11.0. The molecule has 0 fully saturated rings. The molecule has 0 radical (unpaired) electrons. The molecular weight excluding hydrogens is 258 g/mol. The van der Waals surface area contributed by atoms with Gasteiger partial charge in [-0.05, 0) is 6.92 Å². The summed E-state index contributed by atoms with van der Waals surface area (Å²) in [5, 5.41) is 3.79. The van der Waals surface area contributed by atoms with Gasteiger partial charge >= 0.3 is 0 Å². The Morgan fingerprint density at radius 3 is 2.79 bits per heavy atom. The summed E-state index contributed by atoms with van der Waals surface area (Å²) in [6.45, 7) is 2.69. The van der Waals surface area contributed by atoms with Gasteiger partial charge < -0.3 is 11.1 Å². The van der Waals surface area contributed by atoms with E-state index in [0.717, 1.165) is 22.7 Å². The van der Waals surface area contributed by atoms with Gasteiger partial charge in [-0.2, -0.15) is 0 Å². The Bertz CT molecular complexity index is 551. The van der Waals surface area contributed by atoms with Crippen LogP contribution in [-0.4, -0.2) is 24.0 Å². The number of hydrogen-bond donors (Lipinski definition) is 2. The molecule has 3 N–H and O–H groups in total. The van der Waals surface area contributed by atoms with Crippen LogP contribution in [0.5, 0.6) is 0 Å². The molecule has 1 amide bonds. The highest BCUT2D eigenvalue weighted by Gasteiger charge is 2.09. The van der Waals surface area contributed by atoms with Crippen molar-refractivity contribution in [3.05, 3.63) is 40.2 Å². The van der Waals surface area contributed by atoms with Crippen LogP contribution in [-0.2, 0) is 11.2 Å². The lowest BCUT2D eigenvalue weighted by Gasteiger charge is -2.00. The SMILES string of the molecule is Cc1sc(CCNC(=O)CN)nc1-c1ccccc1. The first-order chi connectivity index (χ1) is 9.20. The van der Waals surface area contributed by atoms with Crippen LogP contribution in [0.3, 0.4) is 0 Å². The molecule has 0 aliphatic carbocycles. The molecule has 0 saturated carbocycles. The maximum atomic E-state index is 11.0. The third kappa shape index (κ3) is 3.62. The highest BCUT2D eigenvalue weighted by molar-refractivity contribution is 7.12. The number of thiazole rings is 1. The van der Waals surface area contributed by atoms with E-state index in [4.69, 9.17) is 5.73 Å². The number of hydrogen-bond acceptors (Lipinski definition) is 4. The van der Waals surface area contributed by atoms with Crippen molar-refractivity contribution in [1.29, 1.82) is 0 Å². The first-order valence-electron chi connectivity index (χ1n) is 6.19. The molecule has 0 atom stereocenters. The average Bonchev–Trinajstić information content (AvgIpc) is 2.80. The quantitative estimate of drug-likeness (QED) is 0.873. The minimum Gasteiger partial charge on any atom is -0.355 e. The van der Waals surface area contributed by atoms with Crippen molar-refractivity contribution in [1.82, 2.24) is 10.3 Å². The molecule has 0 aliphatic heterocycles.